The van der Waals surface area contributed by atoms with Gasteiger partial charge in [0.05, 0.1) is 12.5 Å². The number of aliphatic hydroxyl groups is 1. The van der Waals surface area contributed by atoms with Crippen molar-refractivity contribution in [1.29, 1.82) is 0 Å². The molecule has 6 nitrogen and oxygen atoms in total. The molecule has 2 rings (SSSR count). The standard InChI is InChI=1S/C18H19F4N5O/c19-13-4-5-14(16(20)8-13)15(10-27(24)11-26-23)18(21,22)17-6-3-12(9-25-17)2-1-7-28/h1-6,8-9,11,15,28H,7,10,23-24H2/b2-1+,26-11-. The highest BCUT2D eigenvalue weighted by Crippen LogP contribution is 2.42. The molecule has 1 aromatic carbocycles. The van der Waals surface area contributed by atoms with Gasteiger partial charge in [-0.25, -0.2) is 14.6 Å². The second-order valence-corrected chi connectivity index (χ2v) is 5.86. The number of nitrogens with zero attached hydrogens (tertiary/aromatic N) is 3. The zero-order chi connectivity index (χ0) is 20.7. The molecular weight excluding hydrogens is 378 g/mol. The van der Waals surface area contributed by atoms with Crippen molar-refractivity contribution >= 4 is 12.4 Å². The lowest BCUT2D eigenvalue weighted by atomic mass is 9.89. The minimum Gasteiger partial charge on any atom is -0.392 e. The first kappa shape index (κ1) is 21.3. The predicted molar refractivity (Wildman–Crippen MR) is 96.9 cm³/mol. The molecule has 0 spiro atoms. The number of aliphatic hydroxyl groups excluding tert-OH is 1. The van der Waals surface area contributed by atoms with Gasteiger partial charge in [0.1, 0.15) is 23.7 Å². The van der Waals surface area contributed by atoms with Gasteiger partial charge in [0.2, 0.25) is 0 Å². The number of alkyl halides is 2. The number of aromatic nitrogens is 1. The molecule has 0 aliphatic rings. The smallest absolute Gasteiger partial charge is 0.298 e. The van der Waals surface area contributed by atoms with Gasteiger partial charge >= 0.3 is 0 Å². The van der Waals surface area contributed by atoms with Crippen LogP contribution in [0.5, 0.6) is 0 Å². The summed E-state index contributed by atoms with van der Waals surface area (Å²) in [4.78, 5) is 3.75. The molecule has 10 heteroatoms. The number of rotatable bonds is 8. The summed E-state index contributed by atoms with van der Waals surface area (Å²) >= 11 is 0. The minimum atomic E-state index is -3.65. The largest absolute Gasteiger partial charge is 0.392 e. The summed E-state index contributed by atoms with van der Waals surface area (Å²) in [6.07, 6.45) is 5.02. The number of hydrogen-bond acceptors (Lipinski definition) is 5. The summed E-state index contributed by atoms with van der Waals surface area (Å²) in [7, 11) is 0. The van der Waals surface area contributed by atoms with Gasteiger partial charge in [-0.05, 0) is 23.3 Å². The van der Waals surface area contributed by atoms with Gasteiger partial charge in [-0.2, -0.15) is 13.9 Å². The molecule has 0 fully saturated rings. The van der Waals surface area contributed by atoms with E-state index in [9.17, 15) is 8.78 Å². The number of pyridine rings is 1. The first-order chi connectivity index (χ1) is 13.3. The lowest BCUT2D eigenvalue weighted by Gasteiger charge is -2.29. The molecule has 5 N–H and O–H groups in total. The van der Waals surface area contributed by atoms with Crippen molar-refractivity contribution in [3.63, 3.8) is 0 Å². The van der Waals surface area contributed by atoms with Crippen molar-refractivity contribution < 1.29 is 22.7 Å². The number of benzene rings is 1. The molecule has 1 aromatic heterocycles. The zero-order valence-electron chi connectivity index (χ0n) is 14.6. The number of halogens is 4. The lowest BCUT2D eigenvalue weighted by molar-refractivity contribution is -0.0443. The number of hydrazine groups is 1. The van der Waals surface area contributed by atoms with Crippen LogP contribution in [0.15, 0.2) is 47.7 Å². The van der Waals surface area contributed by atoms with Crippen molar-refractivity contribution in [2.24, 2.45) is 16.8 Å². The van der Waals surface area contributed by atoms with Gasteiger partial charge in [-0.15, -0.1) is 0 Å². The summed E-state index contributed by atoms with van der Waals surface area (Å²) in [6, 6.07) is 4.81. The van der Waals surface area contributed by atoms with Crippen molar-refractivity contribution in [3.05, 3.63) is 71.1 Å². The fourth-order valence-electron chi connectivity index (χ4n) is 2.60. The van der Waals surface area contributed by atoms with Crippen LogP contribution in [-0.4, -0.2) is 34.6 Å². The predicted octanol–water partition coefficient (Wildman–Crippen LogP) is 2.32. The molecule has 2 aromatic rings. The first-order valence-corrected chi connectivity index (χ1v) is 8.11. The first-order valence-electron chi connectivity index (χ1n) is 8.11. The third-order valence-electron chi connectivity index (χ3n) is 3.93. The summed E-state index contributed by atoms with van der Waals surface area (Å²) in [5.74, 6) is 3.06. The molecule has 0 amide bonds. The highest BCUT2D eigenvalue weighted by molar-refractivity contribution is 5.53. The van der Waals surface area contributed by atoms with E-state index in [4.69, 9.17) is 16.8 Å². The molecule has 0 aliphatic carbocycles. The Labute approximate surface area is 158 Å². The second-order valence-electron chi connectivity index (χ2n) is 5.86. The van der Waals surface area contributed by atoms with E-state index in [1.165, 1.54) is 24.4 Å². The van der Waals surface area contributed by atoms with E-state index in [-0.39, 0.29) is 6.61 Å². The summed E-state index contributed by atoms with van der Waals surface area (Å²) in [6.45, 7) is -0.775. The monoisotopic (exact) mass is 397 g/mol. The maximum absolute atomic E-state index is 15.2. The molecule has 0 saturated carbocycles. The Bertz CT molecular complexity index is 842. The topological polar surface area (TPSA) is 101 Å². The third-order valence-corrected chi connectivity index (χ3v) is 3.93. The Kier molecular flexibility index (Phi) is 7.07. The summed E-state index contributed by atoms with van der Waals surface area (Å²) in [5, 5.41) is 12.7. The van der Waals surface area contributed by atoms with E-state index in [0.717, 1.165) is 29.5 Å². The van der Waals surface area contributed by atoms with E-state index in [0.29, 0.717) is 11.6 Å². The van der Waals surface area contributed by atoms with E-state index >= 15 is 8.78 Å². The van der Waals surface area contributed by atoms with Gasteiger partial charge in [0.25, 0.3) is 5.92 Å². The molecule has 1 atom stereocenters. The van der Waals surface area contributed by atoms with Gasteiger partial charge in [0, 0.05) is 18.8 Å². The molecular formula is C18H19F4N5O. The molecule has 0 radical (unpaired) electrons. The molecule has 150 valence electrons. The number of nitrogens with two attached hydrogens (primary N) is 2. The quantitative estimate of drug-likeness (QED) is 0.209. The van der Waals surface area contributed by atoms with Crippen LogP contribution in [0, 0.1) is 11.6 Å². The van der Waals surface area contributed by atoms with Crippen LogP contribution in [0.25, 0.3) is 6.08 Å². The normalized spacial score (nSPS) is 13.4. The van der Waals surface area contributed by atoms with Crippen molar-refractivity contribution in [2.75, 3.05) is 13.2 Å². The molecule has 28 heavy (non-hydrogen) atoms. The summed E-state index contributed by atoms with van der Waals surface area (Å²) in [5.41, 5.74) is -0.562. The average molecular weight is 397 g/mol. The van der Waals surface area contributed by atoms with Gasteiger partial charge in [-0.1, -0.05) is 24.3 Å². The average Bonchev–Trinajstić information content (AvgIpc) is 2.65. The molecule has 0 aliphatic heterocycles. The lowest BCUT2D eigenvalue weighted by Crippen LogP contribution is -2.40. The van der Waals surface area contributed by atoms with Crippen LogP contribution in [0.3, 0.4) is 0 Å². The maximum atomic E-state index is 15.2. The molecule has 0 bridgehead atoms. The van der Waals surface area contributed by atoms with E-state index < -0.39 is 41.3 Å². The van der Waals surface area contributed by atoms with Crippen LogP contribution >= 0.6 is 0 Å². The summed E-state index contributed by atoms with van der Waals surface area (Å²) < 4.78 is 57.9. The van der Waals surface area contributed by atoms with Gasteiger partial charge < -0.3 is 10.9 Å². The van der Waals surface area contributed by atoms with E-state index in [1.54, 1.807) is 0 Å². The SMILES string of the molecule is N/N=C\N(N)CC(c1ccc(F)cc1F)C(F)(F)c1ccc(/C=C/CO)cn1. The second kappa shape index (κ2) is 9.29. The molecule has 0 saturated heterocycles. The Hall–Kier alpha value is -2.98. The Balaban J connectivity index is 2.46. The van der Waals surface area contributed by atoms with Crippen LogP contribution in [0.1, 0.15) is 22.7 Å². The maximum Gasteiger partial charge on any atom is 0.298 e. The number of hydrazone groups is 1. The fraction of sp³-hybridized carbons (Fsp3) is 0.222. The number of hydrogen-bond donors (Lipinski definition) is 3. The molecule has 1 unspecified atom stereocenters. The van der Waals surface area contributed by atoms with Crippen LogP contribution in [-0.2, 0) is 5.92 Å². The van der Waals surface area contributed by atoms with Crippen LogP contribution < -0.4 is 11.7 Å². The van der Waals surface area contributed by atoms with Gasteiger partial charge in [0.15, 0.2) is 0 Å². The third kappa shape index (κ3) is 5.05. The minimum absolute atomic E-state index is 0.209. The Morgan fingerprint density at radius 2 is 2.00 bits per heavy atom. The van der Waals surface area contributed by atoms with Crippen LogP contribution in [0.4, 0.5) is 17.6 Å². The zero-order valence-corrected chi connectivity index (χ0v) is 14.6. The van der Waals surface area contributed by atoms with Gasteiger partial charge in [-0.3, -0.25) is 9.99 Å². The van der Waals surface area contributed by atoms with Crippen LogP contribution in [0.2, 0.25) is 0 Å². The fourth-order valence-corrected chi connectivity index (χ4v) is 2.60. The van der Waals surface area contributed by atoms with Crippen molar-refractivity contribution in [3.8, 4) is 0 Å². The van der Waals surface area contributed by atoms with E-state index in [2.05, 4.69) is 10.1 Å². The highest BCUT2D eigenvalue weighted by Gasteiger charge is 2.45. The molecule has 1 heterocycles. The Morgan fingerprint density at radius 3 is 2.57 bits per heavy atom. The van der Waals surface area contributed by atoms with Crippen molar-refractivity contribution in [2.45, 2.75) is 11.8 Å². The Morgan fingerprint density at radius 1 is 1.25 bits per heavy atom. The van der Waals surface area contributed by atoms with Crippen molar-refractivity contribution in [1.82, 2.24) is 9.99 Å². The van der Waals surface area contributed by atoms with E-state index in [1.807, 2.05) is 0 Å². The highest BCUT2D eigenvalue weighted by atomic mass is 19.3.